The molecule has 0 radical (unpaired) electrons. The molecule has 0 unspecified atom stereocenters. The van der Waals surface area contributed by atoms with E-state index in [1.165, 1.54) is 18.5 Å². The lowest BCUT2D eigenvalue weighted by atomic mass is 10.2. The first-order chi connectivity index (χ1) is 8.49. The largest absolute Gasteiger partial charge is 0.438 e. The van der Waals surface area contributed by atoms with Crippen LogP contribution in [0.15, 0.2) is 27.4 Å². The van der Waals surface area contributed by atoms with Crippen molar-refractivity contribution in [2.75, 3.05) is 5.32 Å². The van der Waals surface area contributed by atoms with Gasteiger partial charge in [0.1, 0.15) is 5.82 Å². The number of carbonyl (C=O) groups excluding carboxylic acids is 1. The van der Waals surface area contributed by atoms with Crippen LogP contribution in [-0.2, 0) is 0 Å². The van der Waals surface area contributed by atoms with Gasteiger partial charge in [-0.15, -0.1) is 0 Å². The number of aromatic nitrogens is 1. The molecule has 2 rings (SSSR count). The van der Waals surface area contributed by atoms with Gasteiger partial charge in [0.15, 0.2) is 6.39 Å². The minimum absolute atomic E-state index is 0.148. The molecule has 0 spiro atoms. The van der Waals surface area contributed by atoms with Crippen LogP contribution < -0.4 is 5.32 Å². The molecule has 1 amide bonds. The Labute approximate surface area is 111 Å². The molecule has 0 aliphatic heterocycles. The molecule has 0 bridgehead atoms. The molecule has 1 aromatic heterocycles. The van der Waals surface area contributed by atoms with Gasteiger partial charge in [0.2, 0.25) is 5.76 Å². The number of rotatable bonds is 2. The molecule has 4 nitrogen and oxygen atoms in total. The Morgan fingerprint density at radius 1 is 1.44 bits per heavy atom. The SMILES string of the molecule is Cc1cc(F)c(Br)cc1NC(=O)c1ocnc1C. The summed E-state index contributed by atoms with van der Waals surface area (Å²) < 4.78 is 18.5. The van der Waals surface area contributed by atoms with E-state index in [9.17, 15) is 9.18 Å². The van der Waals surface area contributed by atoms with Gasteiger partial charge in [-0.3, -0.25) is 4.79 Å². The number of aryl methyl sites for hydroxylation is 2. The fourth-order valence-corrected chi connectivity index (χ4v) is 1.82. The number of hydrogen-bond donors (Lipinski definition) is 1. The average Bonchev–Trinajstić information content (AvgIpc) is 2.72. The van der Waals surface area contributed by atoms with E-state index in [0.717, 1.165) is 0 Å². The first kappa shape index (κ1) is 12.8. The van der Waals surface area contributed by atoms with Gasteiger partial charge in [0.25, 0.3) is 5.91 Å². The summed E-state index contributed by atoms with van der Waals surface area (Å²) in [5, 5.41) is 2.65. The van der Waals surface area contributed by atoms with E-state index in [0.29, 0.717) is 16.9 Å². The molecule has 2 aromatic rings. The highest BCUT2D eigenvalue weighted by atomic mass is 79.9. The Morgan fingerprint density at radius 3 is 2.78 bits per heavy atom. The summed E-state index contributed by atoms with van der Waals surface area (Å²) in [4.78, 5) is 15.7. The fourth-order valence-electron chi connectivity index (χ4n) is 1.48. The van der Waals surface area contributed by atoms with Crippen molar-refractivity contribution in [3.63, 3.8) is 0 Å². The Bertz CT molecular complexity index is 610. The van der Waals surface area contributed by atoms with Gasteiger partial charge in [-0.05, 0) is 47.5 Å². The summed E-state index contributed by atoms with van der Waals surface area (Å²) in [6.45, 7) is 3.38. The van der Waals surface area contributed by atoms with Crippen molar-refractivity contribution in [2.45, 2.75) is 13.8 Å². The van der Waals surface area contributed by atoms with E-state index in [1.807, 2.05) is 0 Å². The van der Waals surface area contributed by atoms with E-state index in [1.54, 1.807) is 13.8 Å². The van der Waals surface area contributed by atoms with Crippen LogP contribution in [0.25, 0.3) is 0 Å². The third kappa shape index (κ3) is 2.43. The number of benzene rings is 1. The van der Waals surface area contributed by atoms with Crippen molar-refractivity contribution in [3.05, 3.63) is 45.8 Å². The predicted molar refractivity (Wildman–Crippen MR) is 68.0 cm³/mol. The third-order valence-electron chi connectivity index (χ3n) is 2.47. The smallest absolute Gasteiger partial charge is 0.293 e. The lowest BCUT2D eigenvalue weighted by molar-refractivity contribution is 0.0995. The molecule has 0 atom stereocenters. The molecule has 0 fully saturated rings. The molecular weight excluding hydrogens is 303 g/mol. The second-order valence-corrected chi connectivity index (χ2v) is 4.66. The Balaban J connectivity index is 2.28. The van der Waals surface area contributed by atoms with Gasteiger partial charge in [-0.25, -0.2) is 9.37 Å². The molecule has 1 heterocycles. The average molecular weight is 313 g/mol. The van der Waals surface area contributed by atoms with E-state index in [2.05, 4.69) is 26.2 Å². The van der Waals surface area contributed by atoms with Gasteiger partial charge in [-0.2, -0.15) is 0 Å². The standard InChI is InChI=1S/C12H10BrFN2O2/c1-6-3-9(14)8(13)4-10(6)16-12(17)11-7(2)15-5-18-11/h3-5H,1-2H3,(H,16,17). The minimum Gasteiger partial charge on any atom is -0.438 e. The second kappa shape index (κ2) is 4.89. The molecule has 0 aliphatic rings. The quantitative estimate of drug-likeness (QED) is 0.924. The van der Waals surface area contributed by atoms with Gasteiger partial charge in [-0.1, -0.05) is 0 Å². The monoisotopic (exact) mass is 312 g/mol. The predicted octanol–water partition coefficient (Wildman–Crippen LogP) is 3.45. The third-order valence-corrected chi connectivity index (χ3v) is 3.07. The van der Waals surface area contributed by atoms with Crippen LogP contribution in [0.1, 0.15) is 21.8 Å². The topological polar surface area (TPSA) is 55.1 Å². The van der Waals surface area contributed by atoms with Crippen molar-refractivity contribution in [2.24, 2.45) is 0 Å². The van der Waals surface area contributed by atoms with Gasteiger partial charge < -0.3 is 9.73 Å². The Hall–Kier alpha value is -1.69. The first-order valence-electron chi connectivity index (χ1n) is 5.16. The van der Waals surface area contributed by atoms with Crippen LogP contribution in [0.3, 0.4) is 0 Å². The summed E-state index contributed by atoms with van der Waals surface area (Å²) in [7, 11) is 0. The van der Waals surface area contributed by atoms with Crippen LogP contribution in [0, 0.1) is 19.7 Å². The summed E-state index contributed by atoms with van der Waals surface area (Å²) >= 11 is 3.07. The van der Waals surface area contributed by atoms with Crippen LogP contribution in [-0.4, -0.2) is 10.9 Å². The van der Waals surface area contributed by atoms with Crippen molar-refractivity contribution in [1.29, 1.82) is 0 Å². The number of halogens is 2. The van der Waals surface area contributed by atoms with Crippen LogP contribution in [0.4, 0.5) is 10.1 Å². The maximum Gasteiger partial charge on any atom is 0.293 e. The zero-order chi connectivity index (χ0) is 13.3. The molecule has 0 saturated heterocycles. The zero-order valence-corrected chi connectivity index (χ0v) is 11.3. The molecular formula is C12H10BrFN2O2. The molecule has 1 aromatic carbocycles. The first-order valence-corrected chi connectivity index (χ1v) is 5.95. The van der Waals surface area contributed by atoms with E-state index in [4.69, 9.17) is 4.42 Å². The fraction of sp³-hybridized carbons (Fsp3) is 0.167. The lowest BCUT2D eigenvalue weighted by Crippen LogP contribution is -2.13. The Morgan fingerprint density at radius 2 is 2.17 bits per heavy atom. The van der Waals surface area contributed by atoms with Crippen LogP contribution >= 0.6 is 15.9 Å². The van der Waals surface area contributed by atoms with Crippen molar-refractivity contribution >= 4 is 27.5 Å². The van der Waals surface area contributed by atoms with E-state index >= 15 is 0 Å². The van der Waals surface area contributed by atoms with Gasteiger partial charge >= 0.3 is 0 Å². The normalized spacial score (nSPS) is 10.4. The van der Waals surface area contributed by atoms with Crippen LogP contribution in [0.5, 0.6) is 0 Å². The zero-order valence-electron chi connectivity index (χ0n) is 9.75. The number of anilines is 1. The van der Waals surface area contributed by atoms with Crippen molar-refractivity contribution in [1.82, 2.24) is 4.98 Å². The summed E-state index contributed by atoms with van der Waals surface area (Å²) in [6.07, 6.45) is 1.21. The summed E-state index contributed by atoms with van der Waals surface area (Å²) in [5.74, 6) is -0.636. The molecule has 0 aliphatic carbocycles. The van der Waals surface area contributed by atoms with Gasteiger partial charge in [0, 0.05) is 5.69 Å². The minimum atomic E-state index is -0.411. The molecule has 94 valence electrons. The summed E-state index contributed by atoms with van der Waals surface area (Å²) in [6, 6.07) is 2.85. The molecule has 0 saturated carbocycles. The van der Waals surface area contributed by atoms with Gasteiger partial charge in [0.05, 0.1) is 10.2 Å². The summed E-state index contributed by atoms with van der Waals surface area (Å²) in [5.41, 5.74) is 1.65. The molecule has 6 heteroatoms. The maximum absolute atomic E-state index is 13.2. The lowest BCUT2D eigenvalue weighted by Gasteiger charge is -2.08. The van der Waals surface area contributed by atoms with E-state index in [-0.39, 0.29) is 16.1 Å². The number of nitrogens with one attached hydrogen (secondary N) is 1. The Kier molecular flexibility index (Phi) is 3.47. The number of carbonyl (C=O) groups is 1. The number of nitrogens with zero attached hydrogens (tertiary/aromatic N) is 1. The number of hydrogen-bond acceptors (Lipinski definition) is 3. The number of oxazole rings is 1. The van der Waals surface area contributed by atoms with E-state index < -0.39 is 5.91 Å². The van der Waals surface area contributed by atoms with Crippen molar-refractivity contribution in [3.8, 4) is 0 Å². The maximum atomic E-state index is 13.2. The van der Waals surface area contributed by atoms with Crippen LogP contribution in [0.2, 0.25) is 0 Å². The van der Waals surface area contributed by atoms with Crippen molar-refractivity contribution < 1.29 is 13.6 Å². The highest BCUT2D eigenvalue weighted by Crippen LogP contribution is 2.24. The molecule has 1 N–H and O–H groups in total. The second-order valence-electron chi connectivity index (χ2n) is 3.80. The number of amides is 1. The molecule has 18 heavy (non-hydrogen) atoms. The highest BCUT2D eigenvalue weighted by Gasteiger charge is 2.15. The highest BCUT2D eigenvalue weighted by molar-refractivity contribution is 9.10.